The molecule has 4 heteroatoms. The van der Waals surface area contributed by atoms with Gasteiger partial charge in [-0.3, -0.25) is 9.69 Å². The van der Waals surface area contributed by atoms with Crippen LogP contribution in [-0.4, -0.2) is 47.3 Å². The van der Waals surface area contributed by atoms with E-state index < -0.39 is 5.97 Å². The van der Waals surface area contributed by atoms with E-state index in [9.17, 15) is 4.79 Å². The van der Waals surface area contributed by atoms with Gasteiger partial charge in [0.15, 0.2) is 0 Å². The quantitative estimate of drug-likeness (QED) is 0.815. The molecule has 2 saturated heterocycles. The van der Waals surface area contributed by atoms with Gasteiger partial charge in [0.2, 0.25) is 0 Å². The van der Waals surface area contributed by atoms with Gasteiger partial charge in [0, 0.05) is 19.6 Å². The first kappa shape index (κ1) is 12.8. The minimum Gasteiger partial charge on any atom is -0.481 e. The molecule has 2 heterocycles. The van der Waals surface area contributed by atoms with Crippen LogP contribution in [0.25, 0.3) is 0 Å². The van der Waals surface area contributed by atoms with Crippen LogP contribution < -0.4 is 0 Å². The van der Waals surface area contributed by atoms with Crippen molar-refractivity contribution < 1.29 is 14.6 Å². The van der Waals surface area contributed by atoms with Crippen molar-refractivity contribution in [3.63, 3.8) is 0 Å². The lowest BCUT2D eigenvalue weighted by Crippen LogP contribution is -2.33. The van der Waals surface area contributed by atoms with E-state index in [1.54, 1.807) is 0 Å². The molecule has 4 nitrogen and oxygen atoms in total. The number of nitrogens with zero attached hydrogens (tertiary/aromatic N) is 1. The van der Waals surface area contributed by atoms with E-state index in [0.29, 0.717) is 6.54 Å². The first-order valence-corrected chi connectivity index (χ1v) is 6.50. The second kappa shape index (κ2) is 4.58. The molecular weight excluding hydrogens is 218 g/mol. The first-order valence-electron chi connectivity index (χ1n) is 6.50. The molecule has 17 heavy (non-hydrogen) atoms. The molecule has 0 aromatic carbocycles. The summed E-state index contributed by atoms with van der Waals surface area (Å²) >= 11 is 0. The number of carbonyl (C=O) groups is 1. The number of rotatable bonds is 3. The average molecular weight is 241 g/mol. The van der Waals surface area contributed by atoms with E-state index >= 15 is 0 Å². The lowest BCUT2D eigenvalue weighted by molar-refractivity contribution is -0.142. The molecular formula is C13H23NO3. The van der Waals surface area contributed by atoms with Gasteiger partial charge in [-0.05, 0) is 32.6 Å². The summed E-state index contributed by atoms with van der Waals surface area (Å²) in [4.78, 5) is 13.3. The Kier molecular flexibility index (Phi) is 3.46. The van der Waals surface area contributed by atoms with Crippen LogP contribution in [-0.2, 0) is 9.53 Å². The fourth-order valence-corrected chi connectivity index (χ4v) is 3.03. The summed E-state index contributed by atoms with van der Waals surface area (Å²) in [5.41, 5.74) is 0.00219. The maximum atomic E-state index is 11.0. The van der Waals surface area contributed by atoms with Crippen LogP contribution in [0.4, 0.5) is 0 Å². The third-order valence-corrected chi connectivity index (χ3v) is 4.02. The number of hydrogen-bond donors (Lipinski definition) is 1. The average Bonchev–Trinajstić information content (AvgIpc) is 2.70. The molecule has 0 aromatic rings. The van der Waals surface area contributed by atoms with Crippen molar-refractivity contribution in [2.24, 2.45) is 11.8 Å². The van der Waals surface area contributed by atoms with Crippen LogP contribution in [0.3, 0.4) is 0 Å². The van der Waals surface area contributed by atoms with E-state index in [1.165, 1.54) is 0 Å². The number of likely N-dealkylation sites (tertiary alicyclic amines) is 1. The Hall–Kier alpha value is -0.610. The second-order valence-electron chi connectivity index (χ2n) is 6.18. The van der Waals surface area contributed by atoms with Crippen LogP contribution >= 0.6 is 0 Å². The van der Waals surface area contributed by atoms with Gasteiger partial charge < -0.3 is 9.84 Å². The van der Waals surface area contributed by atoms with Gasteiger partial charge in [-0.25, -0.2) is 0 Å². The molecule has 2 aliphatic heterocycles. The summed E-state index contributed by atoms with van der Waals surface area (Å²) in [6, 6.07) is 0. The van der Waals surface area contributed by atoms with Crippen molar-refractivity contribution in [1.29, 1.82) is 0 Å². The van der Waals surface area contributed by atoms with Crippen LogP contribution in [0.15, 0.2) is 0 Å². The van der Waals surface area contributed by atoms with Crippen LogP contribution in [0.1, 0.15) is 33.6 Å². The Labute approximate surface area is 103 Å². The third kappa shape index (κ3) is 2.99. The smallest absolute Gasteiger partial charge is 0.308 e. The number of carboxylic acids is 1. The molecule has 2 fully saturated rings. The van der Waals surface area contributed by atoms with Crippen LogP contribution in [0.2, 0.25) is 0 Å². The Bertz CT molecular complexity index is 303. The minimum atomic E-state index is -0.660. The normalized spacial score (nSPS) is 37.5. The second-order valence-corrected chi connectivity index (χ2v) is 6.18. The largest absolute Gasteiger partial charge is 0.481 e. The van der Waals surface area contributed by atoms with Crippen molar-refractivity contribution in [1.82, 2.24) is 4.90 Å². The Morgan fingerprint density at radius 3 is 2.65 bits per heavy atom. The molecule has 0 saturated carbocycles. The highest BCUT2D eigenvalue weighted by Crippen LogP contribution is 2.31. The fraction of sp³-hybridized carbons (Fsp3) is 0.923. The van der Waals surface area contributed by atoms with Gasteiger partial charge in [0.25, 0.3) is 0 Å². The molecule has 2 aliphatic rings. The van der Waals surface area contributed by atoms with Gasteiger partial charge in [-0.2, -0.15) is 0 Å². The van der Waals surface area contributed by atoms with Crippen molar-refractivity contribution >= 4 is 5.97 Å². The van der Waals surface area contributed by atoms with Gasteiger partial charge >= 0.3 is 5.97 Å². The predicted octanol–water partition coefficient (Wildman–Crippen LogP) is 1.60. The van der Waals surface area contributed by atoms with Crippen molar-refractivity contribution in [2.75, 3.05) is 19.6 Å². The van der Waals surface area contributed by atoms with Crippen molar-refractivity contribution in [2.45, 2.75) is 45.3 Å². The SMILES string of the molecule is C[C@@H]1CN(CC2CCC(C)(C)O2)C[C@H]1C(=O)O. The zero-order chi connectivity index (χ0) is 12.6. The summed E-state index contributed by atoms with van der Waals surface area (Å²) in [7, 11) is 0. The minimum absolute atomic E-state index is 0.00219. The topological polar surface area (TPSA) is 49.8 Å². The maximum absolute atomic E-state index is 11.0. The van der Waals surface area contributed by atoms with Gasteiger partial charge in [0.1, 0.15) is 0 Å². The number of carboxylic acid groups (broad SMARTS) is 1. The summed E-state index contributed by atoms with van der Waals surface area (Å²) in [6.07, 6.45) is 2.48. The Balaban J connectivity index is 1.84. The maximum Gasteiger partial charge on any atom is 0.308 e. The summed E-state index contributed by atoms with van der Waals surface area (Å²) in [5.74, 6) is -0.612. The van der Waals surface area contributed by atoms with Crippen molar-refractivity contribution in [3.05, 3.63) is 0 Å². The van der Waals surface area contributed by atoms with Gasteiger partial charge in [-0.15, -0.1) is 0 Å². The van der Waals surface area contributed by atoms with Gasteiger partial charge in [0.05, 0.1) is 17.6 Å². The van der Waals surface area contributed by atoms with Gasteiger partial charge in [-0.1, -0.05) is 6.92 Å². The summed E-state index contributed by atoms with van der Waals surface area (Å²) in [5, 5.41) is 9.09. The lowest BCUT2D eigenvalue weighted by atomic mass is 9.99. The molecule has 0 bridgehead atoms. The zero-order valence-electron chi connectivity index (χ0n) is 11.0. The van der Waals surface area contributed by atoms with Crippen molar-refractivity contribution in [3.8, 4) is 0 Å². The Morgan fingerprint density at radius 1 is 1.47 bits per heavy atom. The molecule has 3 atom stereocenters. The van der Waals surface area contributed by atoms with Crippen LogP contribution in [0.5, 0.6) is 0 Å². The molecule has 0 spiro atoms. The summed E-state index contributed by atoms with van der Waals surface area (Å²) < 4.78 is 5.95. The van der Waals surface area contributed by atoms with E-state index in [4.69, 9.17) is 9.84 Å². The predicted molar refractivity (Wildman–Crippen MR) is 64.9 cm³/mol. The third-order valence-electron chi connectivity index (χ3n) is 4.02. The van der Waals surface area contributed by atoms with E-state index in [2.05, 4.69) is 18.7 Å². The van der Waals surface area contributed by atoms with E-state index in [-0.39, 0.29) is 23.5 Å². The van der Waals surface area contributed by atoms with Crippen LogP contribution in [0, 0.1) is 11.8 Å². The standard InChI is InChI=1S/C13H23NO3/c1-9-6-14(8-11(9)12(15)16)7-10-4-5-13(2,3)17-10/h9-11H,4-8H2,1-3H3,(H,15,16)/t9-,10?,11-/m1/s1. The molecule has 0 aliphatic carbocycles. The number of aliphatic carboxylic acids is 1. The summed E-state index contributed by atoms with van der Waals surface area (Å²) in [6.45, 7) is 8.73. The van der Waals surface area contributed by atoms with E-state index in [0.717, 1.165) is 25.9 Å². The molecule has 0 aromatic heterocycles. The first-order chi connectivity index (χ1) is 7.87. The monoisotopic (exact) mass is 241 g/mol. The molecule has 1 N–H and O–H groups in total. The highest BCUT2D eigenvalue weighted by atomic mass is 16.5. The number of hydrogen-bond acceptors (Lipinski definition) is 3. The fourth-order valence-electron chi connectivity index (χ4n) is 3.03. The molecule has 1 unspecified atom stereocenters. The Morgan fingerprint density at radius 2 is 2.18 bits per heavy atom. The number of ether oxygens (including phenoxy) is 1. The molecule has 98 valence electrons. The highest BCUT2D eigenvalue weighted by Gasteiger charge is 2.38. The zero-order valence-corrected chi connectivity index (χ0v) is 11.0. The highest BCUT2D eigenvalue weighted by molar-refractivity contribution is 5.71. The molecule has 0 radical (unpaired) electrons. The molecule has 2 rings (SSSR count). The van der Waals surface area contributed by atoms with E-state index in [1.807, 2.05) is 6.92 Å². The lowest BCUT2D eigenvalue weighted by Gasteiger charge is -2.23. The molecule has 0 amide bonds.